The Balaban J connectivity index is 1.60. The Labute approximate surface area is 182 Å². The molecule has 0 aromatic heterocycles. The van der Waals surface area contributed by atoms with Crippen LogP contribution in [0.2, 0.25) is 5.02 Å². The second-order valence-electron chi connectivity index (χ2n) is 7.32. The van der Waals surface area contributed by atoms with E-state index in [0.29, 0.717) is 37.7 Å². The standard InChI is InChI=1S/C23H28ClN3O3/c1-3-17-8-4-7-11-20(17)25-21(28)16-26-12-14-27(15-13-26)22(23(29)30-2)18-9-5-6-10-19(18)24/h4-11,22H,3,12-16H2,1-2H3,(H,25,28). The van der Waals surface area contributed by atoms with Crippen molar-refractivity contribution in [1.82, 2.24) is 9.80 Å². The third-order valence-corrected chi connectivity index (χ3v) is 5.78. The molecule has 160 valence electrons. The molecule has 0 aliphatic carbocycles. The molecule has 1 fully saturated rings. The molecule has 0 saturated carbocycles. The average molecular weight is 430 g/mol. The summed E-state index contributed by atoms with van der Waals surface area (Å²) >= 11 is 6.34. The van der Waals surface area contributed by atoms with Crippen molar-refractivity contribution in [2.45, 2.75) is 19.4 Å². The zero-order chi connectivity index (χ0) is 21.5. The van der Waals surface area contributed by atoms with Crippen LogP contribution in [0, 0.1) is 0 Å². The fraction of sp³-hybridized carbons (Fsp3) is 0.391. The van der Waals surface area contributed by atoms with Gasteiger partial charge in [0.1, 0.15) is 6.04 Å². The van der Waals surface area contributed by atoms with Crippen LogP contribution >= 0.6 is 11.6 Å². The van der Waals surface area contributed by atoms with Gasteiger partial charge in [0.15, 0.2) is 0 Å². The van der Waals surface area contributed by atoms with E-state index in [1.54, 1.807) is 6.07 Å². The van der Waals surface area contributed by atoms with Crippen molar-refractivity contribution < 1.29 is 14.3 Å². The predicted octanol–water partition coefficient (Wildman–Crippen LogP) is 3.37. The number of anilines is 1. The van der Waals surface area contributed by atoms with Crippen LogP contribution < -0.4 is 5.32 Å². The molecule has 2 aromatic rings. The van der Waals surface area contributed by atoms with E-state index in [2.05, 4.69) is 22.0 Å². The van der Waals surface area contributed by atoms with Gasteiger partial charge in [0.05, 0.1) is 13.7 Å². The molecule has 0 spiro atoms. The molecule has 1 unspecified atom stereocenters. The van der Waals surface area contributed by atoms with E-state index in [1.807, 2.05) is 42.5 Å². The molecule has 1 saturated heterocycles. The van der Waals surface area contributed by atoms with E-state index < -0.39 is 6.04 Å². The van der Waals surface area contributed by atoms with Gasteiger partial charge in [0, 0.05) is 36.9 Å². The summed E-state index contributed by atoms with van der Waals surface area (Å²) in [5, 5.41) is 3.56. The highest BCUT2D eigenvalue weighted by Crippen LogP contribution is 2.29. The molecule has 1 N–H and O–H groups in total. The molecule has 3 rings (SSSR count). The normalized spacial score (nSPS) is 16.1. The van der Waals surface area contributed by atoms with Crippen LogP contribution in [0.25, 0.3) is 0 Å². The topological polar surface area (TPSA) is 61.9 Å². The van der Waals surface area contributed by atoms with Crippen LogP contribution in [0.1, 0.15) is 24.1 Å². The molecule has 1 atom stereocenters. The Morgan fingerprint density at radius 3 is 2.40 bits per heavy atom. The van der Waals surface area contributed by atoms with Crippen LogP contribution in [0.4, 0.5) is 5.69 Å². The minimum atomic E-state index is -0.545. The smallest absolute Gasteiger partial charge is 0.327 e. The van der Waals surface area contributed by atoms with Crippen molar-refractivity contribution in [1.29, 1.82) is 0 Å². The number of hydrogen-bond acceptors (Lipinski definition) is 5. The monoisotopic (exact) mass is 429 g/mol. The van der Waals surface area contributed by atoms with Crippen LogP contribution in [-0.2, 0) is 20.7 Å². The number of hydrogen-bond donors (Lipinski definition) is 1. The number of para-hydroxylation sites is 1. The van der Waals surface area contributed by atoms with Gasteiger partial charge in [-0.2, -0.15) is 0 Å². The molecule has 30 heavy (non-hydrogen) atoms. The Kier molecular flexibility index (Phi) is 7.85. The van der Waals surface area contributed by atoms with E-state index in [0.717, 1.165) is 23.2 Å². The number of amides is 1. The Hall–Kier alpha value is -2.41. The number of rotatable bonds is 7. The molecule has 0 radical (unpaired) electrons. The Bertz CT molecular complexity index is 882. The third kappa shape index (κ3) is 5.39. The van der Waals surface area contributed by atoms with E-state index in [4.69, 9.17) is 16.3 Å². The highest BCUT2D eigenvalue weighted by molar-refractivity contribution is 6.31. The van der Waals surface area contributed by atoms with Crippen molar-refractivity contribution in [2.75, 3.05) is 45.2 Å². The van der Waals surface area contributed by atoms with Gasteiger partial charge in [-0.3, -0.25) is 14.6 Å². The van der Waals surface area contributed by atoms with E-state index >= 15 is 0 Å². The van der Waals surface area contributed by atoms with Crippen molar-refractivity contribution >= 4 is 29.2 Å². The molecule has 0 bridgehead atoms. The summed E-state index contributed by atoms with van der Waals surface area (Å²) in [6.07, 6.45) is 0.867. The molecule has 7 heteroatoms. The quantitative estimate of drug-likeness (QED) is 0.684. The maximum atomic E-state index is 12.5. The summed E-state index contributed by atoms with van der Waals surface area (Å²) in [6, 6.07) is 14.7. The lowest BCUT2D eigenvalue weighted by molar-refractivity contribution is -0.148. The Morgan fingerprint density at radius 2 is 1.73 bits per heavy atom. The fourth-order valence-corrected chi connectivity index (χ4v) is 4.04. The lowest BCUT2D eigenvalue weighted by Gasteiger charge is -2.38. The maximum absolute atomic E-state index is 12.5. The summed E-state index contributed by atoms with van der Waals surface area (Å²) in [4.78, 5) is 29.2. The number of nitrogens with one attached hydrogen (secondary N) is 1. The summed E-state index contributed by atoms with van der Waals surface area (Å²) < 4.78 is 5.04. The van der Waals surface area contributed by atoms with Gasteiger partial charge < -0.3 is 10.1 Å². The van der Waals surface area contributed by atoms with Gasteiger partial charge in [-0.25, -0.2) is 4.79 Å². The first-order valence-corrected chi connectivity index (χ1v) is 10.6. The van der Waals surface area contributed by atoms with Crippen molar-refractivity contribution in [3.05, 3.63) is 64.7 Å². The Morgan fingerprint density at radius 1 is 1.07 bits per heavy atom. The van der Waals surface area contributed by atoms with Gasteiger partial charge in [-0.15, -0.1) is 0 Å². The molecule has 6 nitrogen and oxygen atoms in total. The number of esters is 1. The lowest BCUT2D eigenvalue weighted by atomic mass is 10.0. The maximum Gasteiger partial charge on any atom is 0.327 e. The first-order chi connectivity index (χ1) is 14.5. The number of nitrogens with zero attached hydrogens (tertiary/aromatic N) is 2. The van der Waals surface area contributed by atoms with Crippen LogP contribution in [0.3, 0.4) is 0 Å². The SMILES string of the molecule is CCc1ccccc1NC(=O)CN1CCN(C(C(=O)OC)c2ccccc2Cl)CC1. The molecular weight excluding hydrogens is 402 g/mol. The number of ether oxygens (including phenoxy) is 1. The summed E-state index contributed by atoms with van der Waals surface area (Å²) in [5.74, 6) is -0.356. The summed E-state index contributed by atoms with van der Waals surface area (Å²) in [5.41, 5.74) is 2.73. The zero-order valence-corrected chi connectivity index (χ0v) is 18.2. The molecular formula is C23H28ClN3O3. The van der Waals surface area contributed by atoms with E-state index in [1.165, 1.54) is 7.11 Å². The van der Waals surface area contributed by atoms with Gasteiger partial charge in [0.25, 0.3) is 0 Å². The second kappa shape index (κ2) is 10.6. The van der Waals surface area contributed by atoms with E-state index in [-0.39, 0.29) is 11.9 Å². The number of methoxy groups -OCH3 is 1. The van der Waals surface area contributed by atoms with Gasteiger partial charge in [-0.05, 0) is 29.7 Å². The predicted molar refractivity (Wildman–Crippen MR) is 119 cm³/mol. The highest BCUT2D eigenvalue weighted by Gasteiger charge is 2.32. The average Bonchev–Trinajstić information content (AvgIpc) is 2.76. The summed E-state index contributed by atoms with van der Waals surface area (Å²) in [7, 11) is 1.39. The van der Waals surface area contributed by atoms with Gasteiger partial charge in [-0.1, -0.05) is 54.9 Å². The first-order valence-electron chi connectivity index (χ1n) is 10.2. The van der Waals surface area contributed by atoms with Crippen LogP contribution in [0.15, 0.2) is 48.5 Å². The van der Waals surface area contributed by atoms with E-state index in [9.17, 15) is 9.59 Å². The molecule has 2 aromatic carbocycles. The number of halogens is 1. The second-order valence-corrected chi connectivity index (χ2v) is 7.73. The largest absolute Gasteiger partial charge is 0.468 e. The minimum absolute atomic E-state index is 0.0278. The summed E-state index contributed by atoms with van der Waals surface area (Å²) in [6.45, 7) is 5.04. The number of carbonyl (C=O) groups excluding carboxylic acids is 2. The van der Waals surface area contributed by atoms with Crippen molar-refractivity contribution in [2.24, 2.45) is 0 Å². The highest BCUT2D eigenvalue weighted by atomic mass is 35.5. The van der Waals surface area contributed by atoms with Crippen LogP contribution in [-0.4, -0.2) is 61.5 Å². The fourth-order valence-electron chi connectivity index (χ4n) is 3.80. The number of aryl methyl sites for hydroxylation is 1. The molecule has 1 aliphatic heterocycles. The number of carbonyl (C=O) groups is 2. The van der Waals surface area contributed by atoms with Crippen molar-refractivity contribution in [3.63, 3.8) is 0 Å². The molecule has 1 aliphatic rings. The molecule has 1 heterocycles. The third-order valence-electron chi connectivity index (χ3n) is 5.44. The minimum Gasteiger partial charge on any atom is -0.468 e. The van der Waals surface area contributed by atoms with Crippen molar-refractivity contribution in [3.8, 4) is 0 Å². The van der Waals surface area contributed by atoms with Gasteiger partial charge in [0.2, 0.25) is 5.91 Å². The first kappa shape index (κ1) is 22.3. The zero-order valence-electron chi connectivity index (χ0n) is 17.4. The van der Waals surface area contributed by atoms with Gasteiger partial charge >= 0.3 is 5.97 Å². The number of benzene rings is 2. The molecule has 1 amide bonds. The number of piperazine rings is 1. The lowest BCUT2D eigenvalue weighted by Crippen LogP contribution is -2.51. The van der Waals surface area contributed by atoms with Crippen LogP contribution in [0.5, 0.6) is 0 Å².